The summed E-state index contributed by atoms with van der Waals surface area (Å²) in [6, 6.07) is 3.06. The third-order valence-electron chi connectivity index (χ3n) is 3.10. The maximum Gasteiger partial charge on any atom is 0.238 e. The number of rotatable bonds is 4. The number of nitrogens with one attached hydrogen (secondary N) is 1. The number of anilines is 2. The SMILES string of the molecule is Cc1c(NC(C)(C)c2nccs2)cc(N)cc1S(N)(=O)=O. The highest BCUT2D eigenvalue weighted by Crippen LogP contribution is 2.32. The van der Waals surface area contributed by atoms with Crippen molar-refractivity contribution >= 4 is 32.7 Å². The van der Waals surface area contributed by atoms with Gasteiger partial charge in [0.25, 0.3) is 0 Å². The highest BCUT2D eigenvalue weighted by molar-refractivity contribution is 7.89. The summed E-state index contributed by atoms with van der Waals surface area (Å²) in [6.07, 6.45) is 1.73. The molecule has 5 N–H and O–H groups in total. The molecule has 0 unspecified atom stereocenters. The molecule has 1 aromatic carbocycles. The fraction of sp³-hybridized carbons (Fsp3) is 0.308. The van der Waals surface area contributed by atoms with Crippen LogP contribution in [0.15, 0.2) is 28.6 Å². The molecule has 0 aliphatic rings. The van der Waals surface area contributed by atoms with Crippen LogP contribution in [-0.4, -0.2) is 13.4 Å². The third kappa shape index (κ3) is 3.34. The summed E-state index contributed by atoms with van der Waals surface area (Å²) in [4.78, 5) is 4.32. The second-order valence-corrected chi connectivity index (χ2v) is 7.75. The van der Waals surface area contributed by atoms with Gasteiger partial charge in [-0.15, -0.1) is 11.3 Å². The number of hydrogen-bond donors (Lipinski definition) is 3. The number of hydrogen-bond acceptors (Lipinski definition) is 6. The normalized spacial score (nSPS) is 12.4. The van der Waals surface area contributed by atoms with E-state index in [0.717, 1.165) is 5.01 Å². The van der Waals surface area contributed by atoms with Crippen molar-refractivity contribution in [1.82, 2.24) is 4.98 Å². The van der Waals surface area contributed by atoms with Crippen LogP contribution < -0.4 is 16.2 Å². The van der Waals surface area contributed by atoms with Gasteiger partial charge in [0.1, 0.15) is 5.01 Å². The molecule has 0 saturated heterocycles. The number of sulfonamides is 1. The largest absolute Gasteiger partial charge is 0.399 e. The average molecular weight is 326 g/mol. The molecule has 0 atom stereocenters. The molecule has 0 amide bonds. The zero-order valence-electron chi connectivity index (χ0n) is 12.0. The summed E-state index contributed by atoms with van der Waals surface area (Å²) in [6.45, 7) is 5.62. The minimum absolute atomic E-state index is 0.0277. The Morgan fingerprint density at radius 2 is 2.00 bits per heavy atom. The van der Waals surface area contributed by atoms with E-state index in [1.807, 2.05) is 19.2 Å². The molecule has 0 spiro atoms. The Balaban J connectivity index is 2.49. The van der Waals surface area contributed by atoms with Gasteiger partial charge >= 0.3 is 0 Å². The number of primary sulfonamides is 1. The van der Waals surface area contributed by atoms with Crippen LogP contribution >= 0.6 is 11.3 Å². The summed E-state index contributed by atoms with van der Waals surface area (Å²) in [7, 11) is -3.82. The van der Waals surface area contributed by atoms with Crippen molar-refractivity contribution < 1.29 is 8.42 Å². The fourth-order valence-corrected chi connectivity index (χ4v) is 3.61. The van der Waals surface area contributed by atoms with Crippen molar-refractivity contribution in [2.45, 2.75) is 31.2 Å². The van der Waals surface area contributed by atoms with Gasteiger partial charge in [0.05, 0.1) is 10.4 Å². The van der Waals surface area contributed by atoms with E-state index >= 15 is 0 Å². The minimum Gasteiger partial charge on any atom is -0.399 e. The van der Waals surface area contributed by atoms with Crippen molar-refractivity contribution in [3.05, 3.63) is 34.3 Å². The second kappa shape index (κ2) is 5.28. The lowest BCUT2D eigenvalue weighted by atomic mass is 10.0. The Labute approximate surface area is 128 Å². The van der Waals surface area contributed by atoms with Crippen LogP contribution in [0.2, 0.25) is 0 Å². The Morgan fingerprint density at radius 3 is 2.52 bits per heavy atom. The van der Waals surface area contributed by atoms with Crippen molar-refractivity contribution in [2.24, 2.45) is 5.14 Å². The molecule has 21 heavy (non-hydrogen) atoms. The van der Waals surface area contributed by atoms with Crippen LogP contribution in [0.25, 0.3) is 0 Å². The molecule has 1 heterocycles. The second-order valence-electron chi connectivity index (χ2n) is 5.32. The molecule has 0 aliphatic carbocycles. The summed E-state index contributed by atoms with van der Waals surface area (Å²) >= 11 is 1.52. The Kier molecular flexibility index (Phi) is 3.96. The Bertz CT molecular complexity index is 753. The quantitative estimate of drug-likeness (QED) is 0.744. The van der Waals surface area contributed by atoms with Crippen LogP contribution in [0.4, 0.5) is 11.4 Å². The van der Waals surface area contributed by atoms with Crippen LogP contribution in [0, 0.1) is 6.92 Å². The summed E-state index contributed by atoms with van der Waals surface area (Å²) in [5.41, 5.74) is 6.83. The van der Waals surface area contributed by atoms with Gasteiger partial charge in [-0.1, -0.05) is 0 Å². The van der Waals surface area contributed by atoms with E-state index in [1.165, 1.54) is 17.4 Å². The first-order valence-electron chi connectivity index (χ1n) is 6.22. The maximum absolute atomic E-state index is 11.6. The Morgan fingerprint density at radius 1 is 1.33 bits per heavy atom. The molecule has 0 saturated carbocycles. The lowest BCUT2D eigenvalue weighted by molar-refractivity contribution is 0.595. The zero-order valence-corrected chi connectivity index (χ0v) is 13.7. The number of thiazole rings is 1. The van der Waals surface area contributed by atoms with E-state index in [1.54, 1.807) is 19.2 Å². The highest BCUT2D eigenvalue weighted by atomic mass is 32.2. The minimum atomic E-state index is -3.82. The predicted molar refractivity (Wildman–Crippen MR) is 85.7 cm³/mol. The number of benzene rings is 1. The molecule has 1 aromatic heterocycles. The van der Waals surface area contributed by atoms with Crippen molar-refractivity contribution in [3.8, 4) is 0 Å². The van der Waals surface area contributed by atoms with Gasteiger partial charge in [-0.3, -0.25) is 0 Å². The predicted octanol–water partition coefficient (Wildman–Crippen LogP) is 2.03. The third-order valence-corrected chi connectivity index (χ3v) is 5.24. The van der Waals surface area contributed by atoms with Crippen LogP contribution in [0.5, 0.6) is 0 Å². The molecule has 114 valence electrons. The summed E-state index contributed by atoms with van der Waals surface area (Å²) < 4.78 is 23.3. The number of nitrogens with two attached hydrogens (primary N) is 2. The summed E-state index contributed by atoms with van der Waals surface area (Å²) in [5, 5.41) is 11.3. The van der Waals surface area contributed by atoms with Crippen molar-refractivity contribution in [3.63, 3.8) is 0 Å². The van der Waals surface area contributed by atoms with Gasteiger partial charge in [-0.2, -0.15) is 0 Å². The van der Waals surface area contributed by atoms with E-state index in [4.69, 9.17) is 10.9 Å². The molecule has 8 heteroatoms. The first kappa shape index (κ1) is 15.7. The van der Waals surface area contributed by atoms with E-state index in [9.17, 15) is 8.42 Å². The molecule has 0 radical (unpaired) electrons. The number of nitrogen functional groups attached to an aromatic ring is 1. The number of nitrogens with zero attached hydrogens (tertiary/aromatic N) is 1. The molecule has 0 fully saturated rings. The number of aromatic nitrogens is 1. The Hall–Kier alpha value is -1.64. The smallest absolute Gasteiger partial charge is 0.238 e. The van der Waals surface area contributed by atoms with Crippen LogP contribution in [-0.2, 0) is 15.6 Å². The fourth-order valence-electron chi connectivity index (χ4n) is 2.06. The van der Waals surface area contributed by atoms with Gasteiger partial charge in [0.2, 0.25) is 10.0 Å². The van der Waals surface area contributed by atoms with E-state index in [-0.39, 0.29) is 4.90 Å². The molecule has 6 nitrogen and oxygen atoms in total. The standard InChI is InChI=1S/C13H18N4O2S2/c1-8-10(6-9(14)7-11(8)21(15,18)19)17-13(2,3)12-16-4-5-20-12/h4-7,17H,14H2,1-3H3,(H2,15,18,19). The van der Waals surface area contributed by atoms with Gasteiger partial charge in [-0.05, 0) is 38.5 Å². The van der Waals surface area contributed by atoms with Gasteiger partial charge in [-0.25, -0.2) is 18.5 Å². The molecule has 0 bridgehead atoms. The molecule has 2 aromatic rings. The summed E-state index contributed by atoms with van der Waals surface area (Å²) in [5.74, 6) is 0. The highest BCUT2D eigenvalue weighted by Gasteiger charge is 2.25. The van der Waals surface area contributed by atoms with Crippen molar-refractivity contribution in [2.75, 3.05) is 11.1 Å². The lowest BCUT2D eigenvalue weighted by Crippen LogP contribution is -2.28. The molecule has 2 rings (SSSR count). The topological polar surface area (TPSA) is 111 Å². The zero-order chi connectivity index (χ0) is 15.8. The molecular formula is C13H18N4O2S2. The van der Waals surface area contributed by atoms with Gasteiger partial charge in [0, 0.05) is 23.0 Å². The lowest BCUT2D eigenvalue weighted by Gasteiger charge is -2.27. The van der Waals surface area contributed by atoms with Gasteiger partial charge < -0.3 is 11.1 Å². The van der Waals surface area contributed by atoms with Crippen LogP contribution in [0.3, 0.4) is 0 Å². The molecular weight excluding hydrogens is 308 g/mol. The average Bonchev–Trinajstić information content (AvgIpc) is 2.86. The monoisotopic (exact) mass is 326 g/mol. The first-order chi connectivity index (χ1) is 9.61. The van der Waals surface area contributed by atoms with E-state index in [0.29, 0.717) is 16.9 Å². The van der Waals surface area contributed by atoms with Crippen LogP contribution in [0.1, 0.15) is 24.4 Å². The van der Waals surface area contributed by atoms with Crippen molar-refractivity contribution in [1.29, 1.82) is 0 Å². The van der Waals surface area contributed by atoms with E-state index < -0.39 is 15.6 Å². The van der Waals surface area contributed by atoms with E-state index in [2.05, 4.69) is 10.3 Å². The first-order valence-corrected chi connectivity index (χ1v) is 8.65. The molecule has 0 aliphatic heterocycles. The maximum atomic E-state index is 11.6. The van der Waals surface area contributed by atoms with Gasteiger partial charge in [0.15, 0.2) is 0 Å².